The van der Waals surface area contributed by atoms with Gasteiger partial charge < -0.3 is 5.73 Å². The van der Waals surface area contributed by atoms with Crippen LogP contribution in [0.25, 0.3) is 0 Å². The monoisotopic (exact) mass is 177 g/mol. The molecule has 0 amide bonds. The number of nitrogens with two attached hydrogens (primary N) is 1. The van der Waals surface area contributed by atoms with E-state index in [-0.39, 0.29) is 11.8 Å². The summed E-state index contributed by atoms with van der Waals surface area (Å²) < 4.78 is 21.4. The zero-order chi connectivity index (χ0) is 8.91. The average Bonchev–Trinajstić information content (AvgIpc) is 1.79. The van der Waals surface area contributed by atoms with Crippen molar-refractivity contribution in [3.63, 3.8) is 0 Å². The first-order valence-electron chi connectivity index (χ1n) is 3.50. The Hall–Kier alpha value is -0.350. The molecule has 0 heterocycles. The summed E-state index contributed by atoms with van der Waals surface area (Å²) in [5, 5.41) is 0. The predicted octanol–water partition coefficient (Wildman–Crippen LogP) is 0.325. The molecule has 0 aliphatic rings. The molecule has 3 nitrogen and oxygen atoms in total. The smallest absolute Gasteiger partial charge is 0.148 e. The first-order chi connectivity index (χ1) is 4.95. The van der Waals surface area contributed by atoms with Crippen LogP contribution in [0.1, 0.15) is 12.8 Å². The van der Waals surface area contributed by atoms with Crippen molar-refractivity contribution in [3.05, 3.63) is 12.7 Å². The molecule has 0 aromatic rings. The van der Waals surface area contributed by atoms with Crippen LogP contribution in [0.3, 0.4) is 0 Å². The Labute approximate surface area is 68.2 Å². The molecular formula is C7H15NO2S. The zero-order valence-corrected chi connectivity index (χ0v) is 7.60. The standard InChI is InChI=1S/C7H15NO2S/c1-3-4-5-7(8)6-11(2,9)10/h3,7H,1,4-6,8H2,2H3. The van der Waals surface area contributed by atoms with Gasteiger partial charge in [-0.05, 0) is 12.8 Å². The fraction of sp³-hybridized carbons (Fsp3) is 0.714. The zero-order valence-electron chi connectivity index (χ0n) is 6.79. The molecule has 11 heavy (non-hydrogen) atoms. The van der Waals surface area contributed by atoms with E-state index in [0.29, 0.717) is 6.42 Å². The van der Waals surface area contributed by atoms with E-state index >= 15 is 0 Å². The van der Waals surface area contributed by atoms with Crippen molar-refractivity contribution < 1.29 is 8.42 Å². The third kappa shape index (κ3) is 7.55. The lowest BCUT2D eigenvalue weighted by atomic mass is 10.2. The van der Waals surface area contributed by atoms with E-state index < -0.39 is 9.84 Å². The van der Waals surface area contributed by atoms with E-state index in [1.165, 1.54) is 6.26 Å². The molecule has 0 bridgehead atoms. The van der Waals surface area contributed by atoms with Gasteiger partial charge in [0.2, 0.25) is 0 Å². The van der Waals surface area contributed by atoms with Gasteiger partial charge >= 0.3 is 0 Å². The minimum Gasteiger partial charge on any atom is -0.327 e. The number of hydrogen-bond donors (Lipinski definition) is 1. The van der Waals surface area contributed by atoms with E-state index in [1.807, 2.05) is 0 Å². The van der Waals surface area contributed by atoms with Gasteiger partial charge in [0.1, 0.15) is 9.84 Å². The molecule has 0 radical (unpaired) electrons. The lowest BCUT2D eigenvalue weighted by Gasteiger charge is -2.07. The summed E-state index contributed by atoms with van der Waals surface area (Å²) in [5.74, 6) is 0.0703. The Bertz CT molecular complexity index is 208. The minimum absolute atomic E-state index is 0.0703. The van der Waals surface area contributed by atoms with Gasteiger partial charge in [-0.3, -0.25) is 0 Å². The molecule has 0 fully saturated rings. The van der Waals surface area contributed by atoms with Gasteiger partial charge in [0.15, 0.2) is 0 Å². The largest absolute Gasteiger partial charge is 0.327 e. The molecule has 66 valence electrons. The van der Waals surface area contributed by atoms with E-state index in [1.54, 1.807) is 6.08 Å². The van der Waals surface area contributed by atoms with Gasteiger partial charge in [0, 0.05) is 12.3 Å². The molecule has 0 spiro atoms. The molecular weight excluding hydrogens is 162 g/mol. The first-order valence-corrected chi connectivity index (χ1v) is 5.56. The number of rotatable bonds is 5. The van der Waals surface area contributed by atoms with Crippen molar-refractivity contribution in [3.8, 4) is 0 Å². The molecule has 1 atom stereocenters. The maximum absolute atomic E-state index is 10.7. The molecule has 0 saturated heterocycles. The molecule has 4 heteroatoms. The van der Waals surface area contributed by atoms with Crippen LogP contribution in [0, 0.1) is 0 Å². The third-order valence-electron chi connectivity index (χ3n) is 1.26. The lowest BCUT2D eigenvalue weighted by Crippen LogP contribution is -2.28. The van der Waals surface area contributed by atoms with Gasteiger partial charge in [-0.1, -0.05) is 6.08 Å². The Morgan fingerprint density at radius 1 is 1.64 bits per heavy atom. The van der Waals surface area contributed by atoms with Crippen molar-refractivity contribution in [2.24, 2.45) is 5.73 Å². The van der Waals surface area contributed by atoms with E-state index in [9.17, 15) is 8.42 Å². The summed E-state index contributed by atoms with van der Waals surface area (Å²) in [5.41, 5.74) is 5.52. The van der Waals surface area contributed by atoms with Crippen molar-refractivity contribution in [2.75, 3.05) is 12.0 Å². The molecule has 0 aliphatic carbocycles. The summed E-state index contributed by atoms with van der Waals surface area (Å²) in [7, 11) is -2.91. The van der Waals surface area contributed by atoms with Crippen molar-refractivity contribution in [1.82, 2.24) is 0 Å². The van der Waals surface area contributed by atoms with Crippen LogP contribution < -0.4 is 5.73 Å². The molecule has 1 unspecified atom stereocenters. The maximum atomic E-state index is 10.7. The maximum Gasteiger partial charge on any atom is 0.148 e. The predicted molar refractivity (Wildman–Crippen MR) is 47.1 cm³/mol. The van der Waals surface area contributed by atoms with Crippen molar-refractivity contribution >= 4 is 9.84 Å². The Morgan fingerprint density at radius 2 is 2.18 bits per heavy atom. The second kappa shape index (κ2) is 4.51. The van der Waals surface area contributed by atoms with Crippen LogP contribution >= 0.6 is 0 Å². The highest BCUT2D eigenvalue weighted by atomic mass is 32.2. The topological polar surface area (TPSA) is 60.2 Å². The highest BCUT2D eigenvalue weighted by Gasteiger charge is 2.09. The molecule has 2 N–H and O–H groups in total. The van der Waals surface area contributed by atoms with Crippen LogP contribution in [0.4, 0.5) is 0 Å². The highest BCUT2D eigenvalue weighted by Crippen LogP contribution is 1.97. The van der Waals surface area contributed by atoms with E-state index in [0.717, 1.165) is 6.42 Å². The van der Waals surface area contributed by atoms with Crippen LogP contribution in [0.2, 0.25) is 0 Å². The second-order valence-corrected chi connectivity index (χ2v) is 4.90. The SMILES string of the molecule is C=CCCC(N)CS(C)(=O)=O. The van der Waals surface area contributed by atoms with Crippen LogP contribution in [0.5, 0.6) is 0 Å². The Morgan fingerprint density at radius 3 is 2.55 bits per heavy atom. The average molecular weight is 177 g/mol. The summed E-state index contributed by atoms with van der Waals surface area (Å²) in [4.78, 5) is 0. The quantitative estimate of drug-likeness (QED) is 0.615. The summed E-state index contributed by atoms with van der Waals surface area (Å²) >= 11 is 0. The number of sulfone groups is 1. The molecule has 0 aromatic carbocycles. The number of allylic oxidation sites excluding steroid dienone is 1. The summed E-state index contributed by atoms with van der Waals surface area (Å²) in [6, 6.07) is -0.247. The van der Waals surface area contributed by atoms with Gasteiger partial charge in [-0.25, -0.2) is 8.42 Å². The molecule has 0 aromatic heterocycles. The normalized spacial score (nSPS) is 14.4. The Kier molecular flexibility index (Phi) is 4.37. The first kappa shape index (κ1) is 10.7. The molecule has 0 saturated carbocycles. The van der Waals surface area contributed by atoms with Crippen LogP contribution in [-0.2, 0) is 9.84 Å². The molecule has 0 rings (SSSR count). The fourth-order valence-electron chi connectivity index (χ4n) is 0.804. The highest BCUT2D eigenvalue weighted by molar-refractivity contribution is 7.90. The van der Waals surface area contributed by atoms with E-state index in [4.69, 9.17) is 5.73 Å². The molecule has 0 aliphatic heterocycles. The van der Waals surface area contributed by atoms with E-state index in [2.05, 4.69) is 6.58 Å². The van der Waals surface area contributed by atoms with Gasteiger partial charge in [0.25, 0.3) is 0 Å². The Balaban J connectivity index is 3.69. The lowest BCUT2D eigenvalue weighted by molar-refractivity contribution is 0.586. The minimum atomic E-state index is -2.91. The van der Waals surface area contributed by atoms with Crippen LogP contribution in [-0.4, -0.2) is 26.5 Å². The fourth-order valence-corrected chi connectivity index (χ4v) is 1.75. The number of hydrogen-bond acceptors (Lipinski definition) is 3. The summed E-state index contributed by atoms with van der Waals surface area (Å²) in [6.07, 6.45) is 4.40. The van der Waals surface area contributed by atoms with Gasteiger partial charge in [-0.15, -0.1) is 6.58 Å². The third-order valence-corrected chi connectivity index (χ3v) is 2.29. The van der Waals surface area contributed by atoms with Gasteiger partial charge in [0.05, 0.1) is 5.75 Å². The van der Waals surface area contributed by atoms with Crippen LogP contribution in [0.15, 0.2) is 12.7 Å². The van der Waals surface area contributed by atoms with Crippen molar-refractivity contribution in [2.45, 2.75) is 18.9 Å². The van der Waals surface area contributed by atoms with Gasteiger partial charge in [-0.2, -0.15) is 0 Å². The second-order valence-electron chi connectivity index (χ2n) is 2.72. The van der Waals surface area contributed by atoms with Crippen molar-refractivity contribution in [1.29, 1.82) is 0 Å². The summed E-state index contributed by atoms with van der Waals surface area (Å²) in [6.45, 7) is 3.52.